The second kappa shape index (κ2) is 6.76. The van der Waals surface area contributed by atoms with Gasteiger partial charge in [-0.1, -0.05) is 31.5 Å². The normalized spacial score (nSPS) is 15.2. The zero-order chi connectivity index (χ0) is 15.5. The highest BCUT2D eigenvalue weighted by molar-refractivity contribution is 5.37. The molecule has 0 saturated heterocycles. The van der Waals surface area contributed by atoms with Crippen molar-refractivity contribution >= 4 is 0 Å². The Bertz CT molecular complexity index is 417. The van der Waals surface area contributed by atoms with E-state index in [0.29, 0.717) is 11.8 Å². The Kier molecular flexibility index (Phi) is 5.82. The summed E-state index contributed by atoms with van der Waals surface area (Å²) in [5.41, 5.74) is 6.03. The molecule has 1 N–H and O–H groups in total. The summed E-state index contributed by atoms with van der Waals surface area (Å²) in [7, 11) is 0. The predicted octanol–water partition coefficient (Wildman–Crippen LogP) is 4.81. The molecule has 0 saturated carbocycles. The van der Waals surface area contributed by atoms with Crippen LogP contribution in [0.4, 0.5) is 0 Å². The van der Waals surface area contributed by atoms with Gasteiger partial charge in [-0.3, -0.25) is 0 Å². The highest BCUT2D eigenvalue weighted by Crippen LogP contribution is 2.23. The van der Waals surface area contributed by atoms with Crippen molar-refractivity contribution in [2.75, 3.05) is 6.54 Å². The van der Waals surface area contributed by atoms with E-state index >= 15 is 0 Å². The Labute approximate surface area is 126 Å². The molecule has 1 aromatic rings. The molecule has 0 amide bonds. The second-order valence-electron chi connectivity index (χ2n) is 7.67. The topological polar surface area (TPSA) is 12.0 Å². The predicted molar refractivity (Wildman–Crippen MR) is 90.4 cm³/mol. The summed E-state index contributed by atoms with van der Waals surface area (Å²) in [4.78, 5) is 0. The number of hydrogen-bond acceptors (Lipinski definition) is 1. The molecule has 114 valence electrons. The van der Waals surface area contributed by atoms with Gasteiger partial charge < -0.3 is 5.32 Å². The van der Waals surface area contributed by atoms with Crippen molar-refractivity contribution in [3.63, 3.8) is 0 Å². The molecule has 2 atom stereocenters. The monoisotopic (exact) mass is 275 g/mol. The summed E-state index contributed by atoms with van der Waals surface area (Å²) in [5, 5.41) is 3.63. The maximum atomic E-state index is 3.63. The van der Waals surface area contributed by atoms with Crippen LogP contribution in [0.5, 0.6) is 0 Å². The van der Waals surface area contributed by atoms with Crippen LogP contribution in [0.25, 0.3) is 0 Å². The maximum absolute atomic E-state index is 3.63. The van der Waals surface area contributed by atoms with E-state index in [-0.39, 0.29) is 5.54 Å². The first-order valence-electron chi connectivity index (χ1n) is 7.92. The second-order valence-corrected chi connectivity index (χ2v) is 7.67. The molecule has 2 unspecified atom stereocenters. The standard InChI is InChI=1S/C19H33N/c1-13-9-15(3)18(16(4)10-13)11-14(2)17(5)12-20-19(6,7)8/h9-10,14,17,20H,11-12H2,1-8H3. The Morgan fingerprint density at radius 3 is 1.90 bits per heavy atom. The van der Waals surface area contributed by atoms with Crippen molar-refractivity contribution in [1.82, 2.24) is 5.32 Å². The van der Waals surface area contributed by atoms with Gasteiger partial charge in [0.05, 0.1) is 0 Å². The first kappa shape index (κ1) is 17.2. The van der Waals surface area contributed by atoms with E-state index in [2.05, 4.69) is 72.8 Å². The Balaban J connectivity index is 2.68. The lowest BCUT2D eigenvalue weighted by molar-refractivity contribution is 0.317. The molecule has 0 spiro atoms. The zero-order valence-corrected chi connectivity index (χ0v) is 14.7. The maximum Gasteiger partial charge on any atom is 0.00966 e. The van der Waals surface area contributed by atoms with E-state index in [4.69, 9.17) is 0 Å². The lowest BCUT2D eigenvalue weighted by Gasteiger charge is -2.27. The van der Waals surface area contributed by atoms with Crippen LogP contribution in [0.3, 0.4) is 0 Å². The minimum absolute atomic E-state index is 0.212. The molecule has 1 aromatic carbocycles. The summed E-state index contributed by atoms with van der Waals surface area (Å²) in [6.07, 6.45) is 1.19. The average molecular weight is 275 g/mol. The lowest BCUT2D eigenvalue weighted by atomic mass is 9.85. The fourth-order valence-electron chi connectivity index (χ4n) is 2.72. The molecule has 20 heavy (non-hydrogen) atoms. The van der Waals surface area contributed by atoms with E-state index in [1.54, 1.807) is 5.56 Å². The summed E-state index contributed by atoms with van der Waals surface area (Å²) in [6, 6.07) is 4.63. The van der Waals surface area contributed by atoms with Crippen molar-refractivity contribution < 1.29 is 0 Å². The molecule has 1 nitrogen and oxygen atoms in total. The fourth-order valence-corrected chi connectivity index (χ4v) is 2.72. The fraction of sp³-hybridized carbons (Fsp3) is 0.684. The van der Waals surface area contributed by atoms with Gasteiger partial charge in [0.2, 0.25) is 0 Å². The van der Waals surface area contributed by atoms with Crippen molar-refractivity contribution in [3.05, 3.63) is 34.4 Å². The van der Waals surface area contributed by atoms with E-state index < -0.39 is 0 Å². The summed E-state index contributed by atoms with van der Waals surface area (Å²) in [5.74, 6) is 1.39. The molecule has 0 fully saturated rings. The van der Waals surface area contributed by atoms with Crippen LogP contribution >= 0.6 is 0 Å². The van der Waals surface area contributed by atoms with Crippen LogP contribution in [0, 0.1) is 32.6 Å². The Morgan fingerprint density at radius 2 is 1.45 bits per heavy atom. The van der Waals surface area contributed by atoms with Gasteiger partial charge in [0, 0.05) is 5.54 Å². The van der Waals surface area contributed by atoms with Gasteiger partial charge >= 0.3 is 0 Å². The molecule has 0 aliphatic rings. The highest BCUT2D eigenvalue weighted by Gasteiger charge is 2.17. The average Bonchev–Trinajstić information content (AvgIpc) is 2.29. The third kappa shape index (κ3) is 5.28. The third-order valence-corrected chi connectivity index (χ3v) is 4.29. The molecule has 1 heteroatoms. The molecule has 0 aliphatic heterocycles. The molecule has 1 rings (SSSR count). The van der Waals surface area contributed by atoms with Gasteiger partial charge in [0.15, 0.2) is 0 Å². The van der Waals surface area contributed by atoms with Gasteiger partial charge in [0.25, 0.3) is 0 Å². The van der Waals surface area contributed by atoms with Crippen LogP contribution < -0.4 is 5.32 Å². The lowest BCUT2D eigenvalue weighted by Crippen LogP contribution is -2.40. The number of aryl methyl sites for hydroxylation is 3. The van der Waals surface area contributed by atoms with E-state index in [1.807, 2.05) is 0 Å². The van der Waals surface area contributed by atoms with Crippen molar-refractivity contribution in [1.29, 1.82) is 0 Å². The van der Waals surface area contributed by atoms with Crippen LogP contribution in [0.2, 0.25) is 0 Å². The summed E-state index contributed by atoms with van der Waals surface area (Å²) >= 11 is 0. The first-order valence-corrected chi connectivity index (χ1v) is 7.92. The number of rotatable bonds is 5. The SMILES string of the molecule is Cc1cc(C)c(CC(C)C(C)CNC(C)(C)C)c(C)c1. The molecule has 0 heterocycles. The number of hydrogen-bond donors (Lipinski definition) is 1. The molecule has 0 aliphatic carbocycles. The van der Waals surface area contributed by atoms with Gasteiger partial charge in [-0.2, -0.15) is 0 Å². The van der Waals surface area contributed by atoms with Crippen LogP contribution in [0.1, 0.15) is 56.9 Å². The van der Waals surface area contributed by atoms with Crippen molar-refractivity contribution in [2.45, 2.75) is 67.3 Å². The zero-order valence-electron chi connectivity index (χ0n) is 14.7. The van der Waals surface area contributed by atoms with Crippen LogP contribution in [-0.2, 0) is 6.42 Å². The minimum Gasteiger partial charge on any atom is -0.312 e. The summed E-state index contributed by atoms with van der Waals surface area (Å²) in [6.45, 7) is 19.2. The largest absolute Gasteiger partial charge is 0.312 e. The third-order valence-electron chi connectivity index (χ3n) is 4.29. The van der Waals surface area contributed by atoms with Crippen LogP contribution in [0.15, 0.2) is 12.1 Å². The molecule has 0 bridgehead atoms. The van der Waals surface area contributed by atoms with Gasteiger partial charge in [-0.15, -0.1) is 0 Å². The highest BCUT2D eigenvalue weighted by atomic mass is 14.9. The Morgan fingerprint density at radius 1 is 0.950 bits per heavy atom. The smallest absolute Gasteiger partial charge is 0.00966 e. The molecular weight excluding hydrogens is 242 g/mol. The van der Waals surface area contributed by atoms with Crippen molar-refractivity contribution in [3.8, 4) is 0 Å². The van der Waals surface area contributed by atoms with Gasteiger partial charge in [-0.25, -0.2) is 0 Å². The quantitative estimate of drug-likeness (QED) is 0.812. The van der Waals surface area contributed by atoms with Crippen LogP contribution in [-0.4, -0.2) is 12.1 Å². The number of nitrogens with one attached hydrogen (secondary N) is 1. The van der Waals surface area contributed by atoms with Gasteiger partial charge in [-0.05, 0) is 83.0 Å². The van der Waals surface area contributed by atoms with Crippen molar-refractivity contribution in [2.24, 2.45) is 11.8 Å². The van der Waals surface area contributed by atoms with E-state index in [9.17, 15) is 0 Å². The summed E-state index contributed by atoms with van der Waals surface area (Å²) < 4.78 is 0. The van der Waals surface area contributed by atoms with Gasteiger partial charge in [0.1, 0.15) is 0 Å². The van der Waals surface area contributed by atoms with E-state index in [1.165, 1.54) is 23.1 Å². The molecule has 0 aromatic heterocycles. The number of benzene rings is 1. The molecular formula is C19H33N. The molecule has 0 radical (unpaired) electrons. The first-order chi connectivity index (χ1) is 9.10. The van der Waals surface area contributed by atoms with E-state index in [0.717, 1.165) is 6.54 Å². The minimum atomic E-state index is 0.212. The Hall–Kier alpha value is -0.820.